The number of hydrogen-bond donors (Lipinski definition) is 1. The Morgan fingerprint density at radius 2 is 1.74 bits per heavy atom. The predicted octanol–water partition coefficient (Wildman–Crippen LogP) is 5.12. The van der Waals surface area contributed by atoms with Crippen molar-refractivity contribution in [3.8, 4) is 0 Å². The van der Waals surface area contributed by atoms with Crippen LogP contribution in [0, 0.1) is 13.8 Å². The second-order valence-electron chi connectivity index (χ2n) is 5.76. The third-order valence-corrected chi connectivity index (χ3v) is 3.83. The van der Waals surface area contributed by atoms with Crippen LogP contribution in [-0.2, 0) is 0 Å². The average Bonchev–Trinajstić information content (AvgIpc) is 2.50. The molecule has 1 N–H and O–H groups in total. The lowest BCUT2D eigenvalue weighted by Gasteiger charge is -2.23. The first-order valence-electron chi connectivity index (χ1n) is 8.17. The summed E-state index contributed by atoms with van der Waals surface area (Å²) in [6.45, 7) is 10.4. The number of aromatic nitrogens is 2. The van der Waals surface area contributed by atoms with E-state index in [1.54, 1.807) is 0 Å². The highest BCUT2D eigenvalue weighted by atomic mass is 35.5. The fourth-order valence-electron chi connectivity index (χ4n) is 2.50. The van der Waals surface area contributed by atoms with Gasteiger partial charge in [0.25, 0.3) is 0 Å². The normalized spacial score (nSPS) is 10.7. The summed E-state index contributed by atoms with van der Waals surface area (Å²) in [5.41, 5.74) is 3.00. The van der Waals surface area contributed by atoms with Crippen LogP contribution in [0.15, 0.2) is 24.3 Å². The number of rotatable bonds is 7. The van der Waals surface area contributed by atoms with Crippen molar-refractivity contribution < 1.29 is 0 Å². The van der Waals surface area contributed by atoms with Crippen LogP contribution in [0.4, 0.5) is 17.5 Å². The van der Waals surface area contributed by atoms with Gasteiger partial charge in [-0.1, -0.05) is 31.5 Å². The number of aryl methyl sites for hydroxylation is 2. The molecule has 23 heavy (non-hydrogen) atoms. The Morgan fingerprint density at radius 1 is 1.04 bits per heavy atom. The van der Waals surface area contributed by atoms with Crippen LogP contribution in [0.5, 0.6) is 0 Å². The Bertz CT molecular complexity index is 651. The van der Waals surface area contributed by atoms with E-state index in [0.29, 0.717) is 11.0 Å². The third-order valence-electron chi connectivity index (χ3n) is 3.60. The Hall–Kier alpha value is -1.81. The third kappa shape index (κ3) is 4.83. The number of nitrogens with zero attached hydrogens (tertiary/aromatic N) is 3. The molecule has 0 amide bonds. The molecule has 5 heteroatoms. The van der Waals surface area contributed by atoms with Crippen molar-refractivity contribution in [2.45, 2.75) is 40.5 Å². The van der Waals surface area contributed by atoms with Crippen LogP contribution in [0.2, 0.25) is 5.02 Å². The Balaban J connectivity index is 2.30. The maximum absolute atomic E-state index is 6.09. The van der Waals surface area contributed by atoms with Crippen LogP contribution in [0.1, 0.15) is 37.9 Å². The van der Waals surface area contributed by atoms with Crippen molar-refractivity contribution in [2.24, 2.45) is 0 Å². The summed E-state index contributed by atoms with van der Waals surface area (Å²) < 4.78 is 0. The molecule has 4 nitrogen and oxygen atoms in total. The summed E-state index contributed by atoms with van der Waals surface area (Å²) in [5.74, 6) is 1.59. The van der Waals surface area contributed by atoms with E-state index in [1.807, 2.05) is 38.1 Å². The topological polar surface area (TPSA) is 41.1 Å². The maximum Gasteiger partial charge on any atom is 0.229 e. The Labute approximate surface area is 143 Å². The van der Waals surface area contributed by atoms with E-state index in [9.17, 15) is 0 Å². The highest BCUT2D eigenvalue weighted by Crippen LogP contribution is 2.24. The molecule has 0 aliphatic heterocycles. The molecule has 0 spiro atoms. The molecule has 124 valence electrons. The minimum Gasteiger partial charge on any atom is -0.356 e. The van der Waals surface area contributed by atoms with Crippen molar-refractivity contribution in [1.82, 2.24) is 9.97 Å². The van der Waals surface area contributed by atoms with Crippen LogP contribution in [-0.4, -0.2) is 23.1 Å². The molecule has 0 saturated carbocycles. The monoisotopic (exact) mass is 332 g/mol. The average molecular weight is 333 g/mol. The maximum atomic E-state index is 6.09. The first-order chi connectivity index (χ1) is 11.0. The summed E-state index contributed by atoms with van der Waals surface area (Å²) in [6, 6.07) is 7.82. The van der Waals surface area contributed by atoms with Crippen molar-refractivity contribution in [3.63, 3.8) is 0 Å². The molecule has 0 fully saturated rings. The van der Waals surface area contributed by atoms with E-state index in [1.165, 1.54) is 0 Å². The van der Waals surface area contributed by atoms with Gasteiger partial charge in [0.2, 0.25) is 5.95 Å². The van der Waals surface area contributed by atoms with Crippen LogP contribution in [0.3, 0.4) is 0 Å². The van der Waals surface area contributed by atoms with Crippen LogP contribution in [0.25, 0.3) is 0 Å². The first-order valence-corrected chi connectivity index (χ1v) is 8.55. The lowest BCUT2D eigenvalue weighted by Crippen LogP contribution is -2.26. The van der Waals surface area contributed by atoms with E-state index in [0.717, 1.165) is 48.7 Å². The fourth-order valence-corrected chi connectivity index (χ4v) is 2.67. The minimum absolute atomic E-state index is 0.613. The van der Waals surface area contributed by atoms with Gasteiger partial charge in [-0.2, -0.15) is 4.98 Å². The standard InChI is InChI=1S/C18H25ClN4/c1-5-9-23(10-6-2)17-11-14(4)20-18(22-17)21-16-12-15(19)8-7-13(16)3/h7-8,11-12H,5-6,9-10H2,1-4H3,(H,20,21,22). The zero-order valence-corrected chi connectivity index (χ0v) is 15.1. The van der Waals surface area contributed by atoms with E-state index in [2.05, 4.69) is 29.0 Å². The van der Waals surface area contributed by atoms with Crippen molar-refractivity contribution in [1.29, 1.82) is 0 Å². The van der Waals surface area contributed by atoms with Crippen LogP contribution >= 0.6 is 11.6 Å². The molecular formula is C18H25ClN4. The van der Waals surface area contributed by atoms with Gasteiger partial charge >= 0.3 is 0 Å². The smallest absolute Gasteiger partial charge is 0.229 e. The van der Waals surface area contributed by atoms with E-state index < -0.39 is 0 Å². The molecule has 0 aliphatic carbocycles. The van der Waals surface area contributed by atoms with Gasteiger partial charge in [0.1, 0.15) is 5.82 Å². The summed E-state index contributed by atoms with van der Waals surface area (Å²) in [5, 5.41) is 4.00. The molecule has 0 saturated heterocycles. The number of anilines is 3. The van der Waals surface area contributed by atoms with Crippen molar-refractivity contribution in [2.75, 3.05) is 23.3 Å². The van der Waals surface area contributed by atoms with Gasteiger partial charge in [-0.25, -0.2) is 4.98 Å². The first kappa shape index (κ1) is 17.5. The minimum atomic E-state index is 0.613. The number of hydrogen-bond acceptors (Lipinski definition) is 4. The molecule has 0 bridgehead atoms. The quantitative estimate of drug-likeness (QED) is 0.764. The molecule has 2 rings (SSSR count). The van der Waals surface area contributed by atoms with E-state index in [-0.39, 0.29) is 0 Å². The Kier molecular flexibility index (Phi) is 6.22. The largest absolute Gasteiger partial charge is 0.356 e. The zero-order chi connectivity index (χ0) is 16.8. The lowest BCUT2D eigenvalue weighted by atomic mass is 10.2. The molecule has 1 aromatic carbocycles. The molecule has 0 unspecified atom stereocenters. The fraction of sp³-hybridized carbons (Fsp3) is 0.444. The summed E-state index contributed by atoms with van der Waals surface area (Å²) >= 11 is 6.09. The summed E-state index contributed by atoms with van der Waals surface area (Å²) in [6.07, 6.45) is 2.19. The summed E-state index contributed by atoms with van der Waals surface area (Å²) in [4.78, 5) is 11.5. The van der Waals surface area contributed by atoms with Crippen LogP contribution < -0.4 is 10.2 Å². The van der Waals surface area contributed by atoms with Gasteiger partial charge in [-0.3, -0.25) is 0 Å². The lowest BCUT2D eigenvalue weighted by molar-refractivity contribution is 0.732. The van der Waals surface area contributed by atoms with Crippen molar-refractivity contribution >= 4 is 29.1 Å². The number of nitrogens with one attached hydrogen (secondary N) is 1. The van der Waals surface area contributed by atoms with E-state index in [4.69, 9.17) is 16.6 Å². The molecule has 1 aromatic heterocycles. The van der Waals surface area contributed by atoms with Gasteiger partial charge in [0.15, 0.2) is 0 Å². The highest BCUT2D eigenvalue weighted by Gasteiger charge is 2.10. The second kappa shape index (κ2) is 8.16. The summed E-state index contributed by atoms with van der Waals surface area (Å²) in [7, 11) is 0. The van der Waals surface area contributed by atoms with Gasteiger partial charge < -0.3 is 10.2 Å². The second-order valence-corrected chi connectivity index (χ2v) is 6.20. The molecule has 0 atom stereocenters. The van der Waals surface area contributed by atoms with Gasteiger partial charge in [-0.05, 0) is 44.4 Å². The molecule has 0 radical (unpaired) electrons. The van der Waals surface area contributed by atoms with Gasteiger partial charge in [0.05, 0.1) is 0 Å². The van der Waals surface area contributed by atoms with Crippen molar-refractivity contribution in [3.05, 3.63) is 40.5 Å². The molecule has 1 heterocycles. The SMILES string of the molecule is CCCN(CCC)c1cc(C)nc(Nc2cc(Cl)ccc2C)n1. The predicted molar refractivity (Wildman–Crippen MR) is 99.0 cm³/mol. The number of benzene rings is 1. The Morgan fingerprint density at radius 3 is 2.39 bits per heavy atom. The highest BCUT2D eigenvalue weighted by molar-refractivity contribution is 6.30. The molecule has 2 aromatic rings. The number of halogens is 1. The zero-order valence-electron chi connectivity index (χ0n) is 14.4. The molecule has 0 aliphatic rings. The van der Waals surface area contributed by atoms with Gasteiger partial charge in [-0.15, -0.1) is 0 Å². The van der Waals surface area contributed by atoms with E-state index >= 15 is 0 Å². The molecular weight excluding hydrogens is 308 g/mol. The van der Waals surface area contributed by atoms with Gasteiger partial charge in [0, 0.05) is 35.6 Å².